The number of aliphatic carboxylic acids is 1. The highest BCUT2D eigenvalue weighted by Gasteiger charge is 2.30. The van der Waals surface area contributed by atoms with Crippen LogP contribution in [0, 0.1) is 19.8 Å². The molecule has 2 aromatic rings. The minimum absolute atomic E-state index is 0.131. The van der Waals surface area contributed by atoms with E-state index in [1.807, 2.05) is 0 Å². The first-order valence-corrected chi connectivity index (χ1v) is 12.8. The van der Waals surface area contributed by atoms with Crippen molar-refractivity contribution in [3.63, 3.8) is 0 Å². The number of pyridine rings is 2. The Morgan fingerprint density at radius 1 is 1.31 bits per heavy atom. The molecule has 3 N–H and O–H groups in total. The first-order valence-electron chi connectivity index (χ1n) is 12.8. The van der Waals surface area contributed by atoms with E-state index in [-0.39, 0.29) is 24.7 Å². The molecule has 0 spiro atoms. The number of carboxylic acids is 1. The molecule has 0 bridgehead atoms. The third kappa shape index (κ3) is 5.95. The largest absolute Gasteiger partial charge is 0.480 e. The van der Waals surface area contributed by atoms with Crippen LogP contribution in [0.2, 0.25) is 0 Å². The zero-order chi connectivity index (χ0) is 25.8. The van der Waals surface area contributed by atoms with Crippen LogP contribution in [-0.2, 0) is 29.4 Å². The smallest absolute Gasteiger partial charge is 0.326 e. The van der Waals surface area contributed by atoms with Crippen LogP contribution < -0.4 is 16.2 Å². The Kier molecular flexibility index (Phi) is 8.08. The molecular formula is C27H36N4O5. The standard InChI is InChI=1S/C27H36N4O5/c1-16-13-23(32)31(3)17(2)24(16)26(33)30-22(27(34)35)10-12-36-21-14-18(15-21)6-8-20-9-7-19-5-4-11-28-25(19)29-20/h7,9,13,18,21-22H,4-6,8,10-12,14-15H2,1-3H3,(H,28,29)(H,30,33)(H,34,35)/t18-,21+,22-/m0/s1. The lowest BCUT2D eigenvalue weighted by molar-refractivity contribution is -0.140. The summed E-state index contributed by atoms with van der Waals surface area (Å²) in [5.74, 6) is 0.0232. The summed E-state index contributed by atoms with van der Waals surface area (Å²) in [6, 6.07) is 4.65. The third-order valence-electron chi connectivity index (χ3n) is 7.47. The van der Waals surface area contributed by atoms with Crippen LogP contribution in [0.5, 0.6) is 0 Å². The summed E-state index contributed by atoms with van der Waals surface area (Å²) in [4.78, 5) is 41.2. The molecule has 2 aliphatic rings. The fourth-order valence-corrected chi connectivity index (χ4v) is 5.06. The number of ether oxygens (including phenoxy) is 1. The molecule has 36 heavy (non-hydrogen) atoms. The quantitative estimate of drug-likeness (QED) is 0.462. The van der Waals surface area contributed by atoms with Gasteiger partial charge in [0.05, 0.1) is 11.7 Å². The van der Waals surface area contributed by atoms with Crippen molar-refractivity contribution in [2.75, 3.05) is 18.5 Å². The first kappa shape index (κ1) is 25.9. The highest BCUT2D eigenvalue weighted by atomic mass is 16.5. The Hall–Kier alpha value is -3.20. The van der Waals surface area contributed by atoms with Crippen LogP contribution in [0.3, 0.4) is 0 Å². The molecule has 0 unspecified atom stereocenters. The predicted molar refractivity (Wildman–Crippen MR) is 136 cm³/mol. The van der Waals surface area contributed by atoms with Crippen molar-refractivity contribution in [2.45, 2.75) is 70.9 Å². The van der Waals surface area contributed by atoms with Gasteiger partial charge in [0, 0.05) is 44.1 Å². The number of carbonyl (C=O) groups excluding carboxylic acids is 1. The molecule has 0 aromatic carbocycles. The van der Waals surface area contributed by atoms with Crippen molar-refractivity contribution >= 4 is 17.7 Å². The highest BCUT2D eigenvalue weighted by Crippen LogP contribution is 2.34. The van der Waals surface area contributed by atoms with Crippen molar-refractivity contribution in [3.05, 3.63) is 56.6 Å². The van der Waals surface area contributed by atoms with E-state index in [0.29, 0.717) is 22.7 Å². The van der Waals surface area contributed by atoms with Crippen LogP contribution >= 0.6 is 0 Å². The predicted octanol–water partition coefficient (Wildman–Crippen LogP) is 2.76. The molecule has 2 aromatic heterocycles. The molecule has 1 saturated carbocycles. The van der Waals surface area contributed by atoms with Crippen LogP contribution in [0.25, 0.3) is 0 Å². The van der Waals surface area contributed by atoms with Gasteiger partial charge in [-0.1, -0.05) is 6.07 Å². The van der Waals surface area contributed by atoms with Crippen molar-refractivity contribution in [1.29, 1.82) is 0 Å². The number of fused-ring (bicyclic) bond motifs is 1. The zero-order valence-corrected chi connectivity index (χ0v) is 21.3. The van der Waals surface area contributed by atoms with Gasteiger partial charge in [-0.05, 0) is 75.5 Å². The maximum Gasteiger partial charge on any atom is 0.326 e. The van der Waals surface area contributed by atoms with E-state index in [1.165, 1.54) is 16.2 Å². The van der Waals surface area contributed by atoms with E-state index in [1.54, 1.807) is 20.9 Å². The number of aromatic nitrogens is 2. The van der Waals surface area contributed by atoms with E-state index in [4.69, 9.17) is 9.72 Å². The number of anilines is 1. The summed E-state index contributed by atoms with van der Waals surface area (Å²) in [7, 11) is 1.59. The summed E-state index contributed by atoms with van der Waals surface area (Å²) in [5, 5.41) is 15.6. The molecule has 1 atom stereocenters. The van der Waals surface area contributed by atoms with Gasteiger partial charge < -0.3 is 25.0 Å². The Morgan fingerprint density at radius 3 is 2.83 bits per heavy atom. The minimum atomic E-state index is -1.11. The summed E-state index contributed by atoms with van der Waals surface area (Å²) in [5.41, 5.74) is 3.57. The number of hydrogen-bond donors (Lipinski definition) is 3. The summed E-state index contributed by atoms with van der Waals surface area (Å²) in [6.45, 7) is 4.60. The average molecular weight is 497 g/mol. The maximum absolute atomic E-state index is 12.8. The number of rotatable bonds is 10. The van der Waals surface area contributed by atoms with E-state index in [9.17, 15) is 19.5 Å². The number of carbonyl (C=O) groups is 2. The van der Waals surface area contributed by atoms with Gasteiger partial charge in [0.2, 0.25) is 0 Å². The van der Waals surface area contributed by atoms with Gasteiger partial charge in [0.1, 0.15) is 11.9 Å². The van der Waals surface area contributed by atoms with Gasteiger partial charge in [-0.15, -0.1) is 0 Å². The molecule has 4 rings (SSSR count). The minimum Gasteiger partial charge on any atom is -0.480 e. The Morgan fingerprint density at radius 2 is 2.08 bits per heavy atom. The number of nitrogens with zero attached hydrogens (tertiary/aromatic N) is 2. The Labute approximate surface area is 211 Å². The van der Waals surface area contributed by atoms with Gasteiger partial charge in [-0.25, -0.2) is 9.78 Å². The number of aryl methyl sites for hydroxylation is 3. The summed E-state index contributed by atoms with van der Waals surface area (Å²) in [6.07, 6.45) is 6.50. The molecule has 9 heteroatoms. The number of amides is 1. The Bertz CT molecular complexity index is 1190. The molecule has 1 fully saturated rings. The summed E-state index contributed by atoms with van der Waals surface area (Å²) >= 11 is 0. The number of nitrogens with one attached hydrogen (secondary N) is 2. The van der Waals surface area contributed by atoms with Gasteiger partial charge in [0.25, 0.3) is 11.5 Å². The zero-order valence-electron chi connectivity index (χ0n) is 21.3. The topological polar surface area (TPSA) is 123 Å². The number of carboxylic acid groups (broad SMARTS) is 1. The van der Waals surface area contributed by atoms with E-state index in [2.05, 4.69) is 22.8 Å². The maximum atomic E-state index is 12.8. The molecule has 194 valence electrons. The van der Waals surface area contributed by atoms with E-state index >= 15 is 0 Å². The second-order valence-corrected chi connectivity index (χ2v) is 10.0. The van der Waals surface area contributed by atoms with E-state index < -0.39 is 17.9 Å². The van der Waals surface area contributed by atoms with Crippen LogP contribution in [-0.4, -0.2) is 51.8 Å². The molecule has 1 aliphatic carbocycles. The molecule has 3 heterocycles. The van der Waals surface area contributed by atoms with E-state index in [0.717, 1.165) is 56.6 Å². The molecule has 0 radical (unpaired) electrons. The SMILES string of the molecule is Cc1cc(=O)n(C)c(C)c1C(=O)N[C@@H](CCO[C@H]1C[C@@H](CCc2ccc3c(n2)NCCC3)C1)C(=O)O. The van der Waals surface area contributed by atoms with Crippen LogP contribution in [0.1, 0.15) is 65.0 Å². The molecule has 1 amide bonds. The fourth-order valence-electron chi connectivity index (χ4n) is 5.06. The fraction of sp³-hybridized carbons (Fsp3) is 0.556. The van der Waals surface area contributed by atoms with Crippen LogP contribution in [0.4, 0.5) is 5.82 Å². The Balaban J connectivity index is 1.20. The van der Waals surface area contributed by atoms with Crippen molar-refractivity contribution in [2.24, 2.45) is 13.0 Å². The van der Waals surface area contributed by atoms with Crippen molar-refractivity contribution < 1.29 is 19.4 Å². The summed E-state index contributed by atoms with van der Waals surface area (Å²) < 4.78 is 7.28. The van der Waals surface area contributed by atoms with Gasteiger partial charge in [0.15, 0.2) is 0 Å². The highest BCUT2D eigenvalue weighted by molar-refractivity contribution is 5.98. The third-order valence-corrected chi connectivity index (χ3v) is 7.47. The van der Waals surface area contributed by atoms with Crippen LogP contribution in [0.15, 0.2) is 23.0 Å². The lowest BCUT2D eigenvalue weighted by Gasteiger charge is -2.35. The van der Waals surface area contributed by atoms with Gasteiger partial charge in [-0.2, -0.15) is 0 Å². The van der Waals surface area contributed by atoms with Gasteiger partial charge in [-0.3, -0.25) is 9.59 Å². The number of hydrogen-bond acceptors (Lipinski definition) is 6. The monoisotopic (exact) mass is 496 g/mol. The lowest BCUT2D eigenvalue weighted by Crippen LogP contribution is -2.43. The lowest BCUT2D eigenvalue weighted by atomic mass is 9.79. The van der Waals surface area contributed by atoms with Gasteiger partial charge >= 0.3 is 5.97 Å². The molecule has 1 aliphatic heterocycles. The second-order valence-electron chi connectivity index (χ2n) is 10.0. The first-order chi connectivity index (χ1) is 17.2. The normalized spacial score (nSPS) is 19.5. The van der Waals surface area contributed by atoms with Crippen molar-refractivity contribution in [3.8, 4) is 0 Å². The average Bonchev–Trinajstić information content (AvgIpc) is 2.82. The second kappa shape index (κ2) is 11.2. The van der Waals surface area contributed by atoms with Crippen molar-refractivity contribution in [1.82, 2.24) is 14.9 Å². The molecule has 0 saturated heterocycles. The molecular weight excluding hydrogens is 460 g/mol. The molecule has 9 nitrogen and oxygen atoms in total.